The van der Waals surface area contributed by atoms with Gasteiger partial charge < -0.3 is 4.90 Å². The zero-order valence-electron chi connectivity index (χ0n) is 8.15. The Bertz CT molecular complexity index is 310. The predicted molar refractivity (Wildman–Crippen MR) is 53.5 cm³/mol. The van der Waals surface area contributed by atoms with E-state index >= 15 is 0 Å². The maximum absolute atomic E-state index is 11.5. The molecule has 1 aromatic rings. The highest BCUT2D eigenvalue weighted by Crippen LogP contribution is 2.13. The number of aromatic nitrogens is 1. The molecule has 0 N–H and O–H groups in total. The van der Waals surface area contributed by atoms with Crippen LogP contribution < -0.4 is 0 Å². The van der Waals surface area contributed by atoms with E-state index in [1.807, 2.05) is 17.0 Å². The summed E-state index contributed by atoms with van der Waals surface area (Å²) in [6.07, 6.45) is 6.43. The Labute approximate surface area is 83.8 Å². The Morgan fingerprint density at radius 3 is 2.79 bits per heavy atom. The molecule has 0 aliphatic carbocycles. The number of nitrogens with zero attached hydrogens (tertiary/aromatic N) is 2. The van der Waals surface area contributed by atoms with Crippen molar-refractivity contribution in [1.82, 2.24) is 9.88 Å². The molecule has 0 spiro atoms. The van der Waals surface area contributed by atoms with Gasteiger partial charge in [0, 0.05) is 31.9 Å². The Morgan fingerprint density at radius 2 is 2.07 bits per heavy atom. The fourth-order valence-electron chi connectivity index (χ4n) is 1.74. The van der Waals surface area contributed by atoms with Crippen LogP contribution in [0.5, 0.6) is 0 Å². The van der Waals surface area contributed by atoms with E-state index in [1.165, 1.54) is 0 Å². The molecule has 0 saturated carbocycles. The number of carbonyl (C=O) groups excluding carboxylic acids is 1. The molecule has 2 rings (SSSR count). The van der Waals surface area contributed by atoms with E-state index in [9.17, 15) is 4.79 Å². The summed E-state index contributed by atoms with van der Waals surface area (Å²) < 4.78 is 0. The van der Waals surface area contributed by atoms with E-state index in [-0.39, 0.29) is 5.91 Å². The molecule has 0 aromatic carbocycles. The maximum atomic E-state index is 11.5. The highest BCUT2D eigenvalue weighted by atomic mass is 16.2. The Kier molecular flexibility index (Phi) is 2.77. The third-order valence-electron chi connectivity index (χ3n) is 2.54. The van der Waals surface area contributed by atoms with E-state index in [1.54, 1.807) is 12.4 Å². The fourth-order valence-corrected chi connectivity index (χ4v) is 1.74. The van der Waals surface area contributed by atoms with E-state index in [4.69, 9.17) is 0 Å². The molecule has 0 unspecified atom stereocenters. The van der Waals surface area contributed by atoms with Gasteiger partial charge in [0.15, 0.2) is 0 Å². The second kappa shape index (κ2) is 4.22. The summed E-state index contributed by atoms with van der Waals surface area (Å²) in [7, 11) is 0. The summed E-state index contributed by atoms with van der Waals surface area (Å²) in [5, 5.41) is 0. The van der Waals surface area contributed by atoms with Crippen LogP contribution in [0.25, 0.3) is 0 Å². The fraction of sp³-hybridized carbons (Fsp3) is 0.455. The van der Waals surface area contributed by atoms with E-state index in [0.29, 0.717) is 6.42 Å². The third-order valence-corrected chi connectivity index (χ3v) is 2.54. The van der Waals surface area contributed by atoms with Crippen molar-refractivity contribution >= 4 is 5.91 Å². The molecule has 1 fully saturated rings. The topological polar surface area (TPSA) is 33.2 Å². The van der Waals surface area contributed by atoms with Crippen LogP contribution in [0.3, 0.4) is 0 Å². The minimum atomic E-state index is 0.285. The second-order valence-corrected chi connectivity index (χ2v) is 3.63. The van der Waals surface area contributed by atoms with E-state index in [0.717, 1.165) is 31.5 Å². The zero-order chi connectivity index (χ0) is 9.80. The highest BCUT2D eigenvalue weighted by molar-refractivity contribution is 5.76. The van der Waals surface area contributed by atoms with Gasteiger partial charge in [-0.3, -0.25) is 9.78 Å². The molecule has 1 aromatic heterocycles. The van der Waals surface area contributed by atoms with Crippen LogP contribution in [0.2, 0.25) is 0 Å². The van der Waals surface area contributed by atoms with Gasteiger partial charge in [-0.15, -0.1) is 0 Å². The summed E-state index contributed by atoms with van der Waals surface area (Å²) in [6.45, 7) is 1.64. The Balaban J connectivity index is 2.00. The van der Waals surface area contributed by atoms with Crippen molar-refractivity contribution in [2.24, 2.45) is 0 Å². The normalized spacial score (nSPS) is 17.1. The lowest BCUT2D eigenvalue weighted by Gasteiger charge is -2.26. The lowest BCUT2D eigenvalue weighted by molar-refractivity contribution is -0.133. The molecule has 0 atom stereocenters. The molecule has 3 nitrogen and oxygen atoms in total. The van der Waals surface area contributed by atoms with Crippen molar-refractivity contribution < 1.29 is 4.79 Å². The number of hydrogen-bond acceptors (Lipinski definition) is 2. The molecule has 1 saturated heterocycles. The molecular formula is C11H14N2O. The molecule has 74 valence electrons. The molecule has 14 heavy (non-hydrogen) atoms. The average molecular weight is 190 g/mol. The molecule has 3 heteroatoms. The summed E-state index contributed by atoms with van der Waals surface area (Å²) >= 11 is 0. The van der Waals surface area contributed by atoms with Gasteiger partial charge in [-0.05, 0) is 30.5 Å². The lowest BCUT2D eigenvalue weighted by atomic mass is 10.1. The number of pyridine rings is 1. The first-order valence-corrected chi connectivity index (χ1v) is 5.03. The van der Waals surface area contributed by atoms with Crippen molar-refractivity contribution in [2.75, 3.05) is 6.54 Å². The molecule has 0 bridgehead atoms. The second-order valence-electron chi connectivity index (χ2n) is 3.63. The predicted octanol–water partition coefficient (Wildman–Crippen LogP) is 1.59. The molecule has 1 amide bonds. The number of piperidine rings is 1. The molecular weight excluding hydrogens is 176 g/mol. The van der Waals surface area contributed by atoms with Gasteiger partial charge in [0.05, 0.1) is 0 Å². The molecule has 2 heterocycles. The van der Waals surface area contributed by atoms with Crippen LogP contribution in [-0.2, 0) is 11.3 Å². The van der Waals surface area contributed by atoms with Crippen molar-refractivity contribution in [3.63, 3.8) is 0 Å². The summed E-state index contributed by atoms with van der Waals surface area (Å²) in [5.41, 5.74) is 1.16. The van der Waals surface area contributed by atoms with Gasteiger partial charge in [0.1, 0.15) is 0 Å². The minimum Gasteiger partial charge on any atom is -0.338 e. The monoisotopic (exact) mass is 190 g/mol. The van der Waals surface area contributed by atoms with Crippen molar-refractivity contribution in [3.05, 3.63) is 30.1 Å². The van der Waals surface area contributed by atoms with E-state index < -0.39 is 0 Å². The quantitative estimate of drug-likeness (QED) is 0.709. The summed E-state index contributed by atoms with van der Waals surface area (Å²) in [5.74, 6) is 0.285. The van der Waals surface area contributed by atoms with Gasteiger partial charge >= 0.3 is 0 Å². The van der Waals surface area contributed by atoms with Crippen LogP contribution in [0.15, 0.2) is 24.5 Å². The smallest absolute Gasteiger partial charge is 0.222 e. The number of rotatable bonds is 2. The van der Waals surface area contributed by atoms with Crippen LogP contribution in [0.1, 0.15) is 24.8 Å². The molecule has 0 radical (unpaired) electrons. The van der Waals surface area contributed by atoms with Crippen molar-refractivity contribution in [1.29, 1.82) is 0 Å². The van der Waals surface area contributed by atoms with Crippen molar-refractivity contribution in [2.45, 2.75) is 25.8 Å². The summed E-state index contributed by atoms with van der Waals surface area (Å²) in [4.78, 5) is 17.4. The van der Waals surface area contributed by atoms with Gasteiger partial charge in [0.2, 0.25) is 5.91 Å². The summed E-state index contributed by atoms with van der Waals surface area (Å²) in [6, 6.07) is 3.92. The standard InChI is InChI=1S/C11H14N2O/c14-11-3-1-2-8-13(11)9-10-4-6-12-7-5-10/h4-7H,1-3,8-9H2. The van der Waals surface area contributed by atoms with Gasteiger partial charge in [-0.2, -0.15) is 0 Å². The van der Waals surface area contributed by atoms with Gasteiger partial charge in [0.25, 0.3) is 0 Å². The van der Waals surface area contributed by atoms with Crippen LogP contribution in [0, 0.1) is 0 Å². The molecule has 1 aliphatic rings. The maximum Gasteiger partial charge on any atom is 0.222 e. The number of hydrogen-bond donors (Lipinski definition) is 0. The van der Waals surface area contributed by atoms with Crippen LogP contribution in [0.4, 0.5) is 0 Å². The van der Waals surface area contributed by atoms with E-state index in [2.05, 4.69) is 4.98 Å². The Morgan fingerprint density at radius 1 is 1.29 bits per heavy atom. The van der Waals surface area contributed by atoms with Crippen LogP contribution >= 0.6 is 0 Å². The SMILES string of the molecule is O=C1CCCCN1Cc1ccncc1. The average Bonchev–Trinajstić information content (AvgIpc) is 2.23. The first-order chi connectivity index (χ1) is 6.86. The van der Waals surface area contributed by atoms with Gasteiger partial charge in [-0.25, -0.2) is 0 Å². The molecule has 1 aliphatic heterocycles. The number of likely N-dealkylation sites (tertiary alicyclic amines) is 1. The first-order valence-electron chi connectivity index (χ1n) is 5.03. The minimum absolute atomic E-state index is 0.285. The lowest BCUT2D eigenvalue weighted by Crippen LogP contribution is -2.34. The Hall–Kier alpha value is -1.38. The third kappa shape index (κ3) is 2.10. The van der Waals surface area contributed by atoms with Crippen molar-refractivity contribution in [3.8, 4) is 0 Å². The highest BCUT2D eigenvalue weighted by Gasteiger charge is 2.17. The number of carbonyl (C=O) groups is 1. The largest absolute Gasteiger partial charge is 0.338 e. The zero-order valence-corrected chi connectivity index (χ0v) is 8.15. The van der Waals surface area contributed by atoms with Gasteiger partial charge in [-0.1, -0.05) is 0 Å². The first kappa shape index (κ1) is 9.19. The van der Waals surface area contributed by atoms with Crippen LogP contribution in [-0.4, -0.2) is 22.3 Å². The number of amides is 1.